The Balaban J connectivity index is 1.26. The van der Waals surface area contributed by atoms with Gasteiger partial charge in [-0.2, -0.15) is 5.01 Å². The summed E-state index contributed by atoms with van der Waals surface area (Å²) in [6.45, 7) is 0.999. The molecular weight excluding hydrogens is 580 g/mol. The molecule has 2 aliphatic rings. The van der Waals surface area contributed by atoms with Gasteiger partial charge in [0, 0.05) is 46.3 Å². The van der Waals surface area contributed by atoms with Crippen LogP contribution in [0, 0.1) is 0 Å². The van der Waals surface area contributed by atoms with E-state index in [9.17, 15) is 14.4 Å². The lowest BCUT2D eigenvalue weighted by Crippen LogP contribution is -2.65. The first kappa shape index (κ1) is 30.9. The Hall–Kier alpha value is -5.09. The topological polar surface area (TPSA) is 88.7 Å². The van der Waals surface area contributed by atoms with Gasteiger partial charge in [-0.25, -0.2) is 4.79 Å². The zero-order valence-corrected chi connectivity index (χ0v) is 26.7. The number of anilines is 1. The highest BCUT2D eigenvalue weighted by atomic mass is 16.5. The quantitative estimate of drug-likeness (QED) is 0.303. The van der Waals surface area contributed by atoms with E-state index in [4.69, 9.17) is 4.74 Å². The molecule has 0 aromatic heterocycles. The summed E-state index contributed by atoms with van der Waals surface area (Å²) in [4.78, 5) is 46.8. The molecule has 1 N–H and O–H groups in total. The van der Waals surface area contributed by atoms with Gasteiger partial charge in [0.25, 0.3) is 0 Å². The first-order valence-electron chi connectivity index (χ1n) is 15.5. The number of nitrogens with zero attached hydrogens (tertiary/aromatic N) is 5. The Labute approximate surface area is 269 Å². The third-order valence-electron chi connectivity index (χ3n) is 8.97. The van der Waals surface area contributed by atoms with Gasteiger partial charge in [0.2, 0.25) is 11.8 Å². The molecule has 0 unspecified atom stereocenters. The second-order valence-electron chi connectivity index (χ2n) is 12.0. The molecule has 0 saturated carbocycles. The molecule has 2 aliphatic heterocycles. The maximum absolute atomic E-state index is 14.3. The number of hydrogen-bond acceptors (Lipinski definition) is 6. The first-order chi connectivity index (χ1) is 22.2. The molecule has 2 fully saturated rings. The fourth-order valence-corrected chi connectivity index (χ4v) is 6.39. The maximum atomic E-state index is 14.3. The monoisotopic (exact) mass is 620 g/mol. The first-order valence-corrected chi connectivity index (χ1v) is 15.5. The number of rotatable bonds is 9. The molecule has 10 heteroatoms. The minimum absolute atomic E-state index is 0.00256. The molecular formula is C36H40N6O4. The standard InChI is InChI=1S/C36H40N6O4/c1-38(2)29-16-12-25(13-17-29)20-32-35(44)40(22-28-10-7-9-27-8-5-6-11-31(27)28)23-33-41(24-34(43)42(32)33)39(3)36(45)37-21-26-14-18-30(46-4)19-15-26/h5-19,32-33H,20-24H2,1-4H3,(H,37,45)/t32-,33+/m0/s1. The Bertz CT molecular complexity index is 1720. The number of methoxy groups -OCH3 is 1. The lowest BCUT2D eigenvalue weighted by atomic mass is 9.98. The number of urea groups is 1. The van der Waals surface area contributed by atoms with Crippen molar-refractivity contribution in [3.05, 3.63) is 108 Å². The van der Waals surface area contributed by atoms with Crippen LogP contribution in [0.15, 0.2) is 91.0 Å². The maximum Gasteiger partial charge on any atom is 0.332 e. The number of nitrogens with one attached hydrogen (secondary N) is 1. The number of fused-ring (bicyclic) bond motifs is 2. The Kier molecular flexibility index (Phi) is 8.81. The van der Waals surface area contributed by atoms with Crippen molar-refractivity contribution in [2.45, 2.75) is 31.7 Å². The SMILES string of the molecule is COc1ccc(CNC(=O)N(C)N2CC(=O)N3[C@@H](Cc4ccc(N(C)C)cc4)C(=O)N(Cc4cccc5ccccc45)C[C@@H]32)cc1. The number of piperazine rings is 1. The Morgan fingerprint density at radius 3 is 2.30 bits per heavy atom. The van der Waals surface area contributed by atoms with Crippen molar-refractivity contribution >= 4 is 34.3 Å². The molecule has 10 nitrogen and oxygen atoms in total. The van der Waals surface area contributed by atoms with E-state index in [-0.39, 0.29) is 30.9 Å². The molecule has 238 valence electrons. The fourth-order valence-electron chi connectivity index (χ4n) is 6.39. The number of carbonyl (C=O) groups is 3. The molecule has 0 spiro atoms. The van der Waals surface area contributed by atoms with Gasteiger partial charge in [0.1, 0.15) is 18.0 Å². The molecule has 2 atom stereocenters. The van der Waals surface area contributed by atoms with Crippen LogP contribution in [0.3, 0.4) is 0 Å². The normalized spacial score (nSPS) is 18.1. The van der Waals surface area contributed by atoms with E-state index in [1.54, 1.807) is 24.1 Å². The van der Waals surface area contributed by atoms with Crippen LogP contribution in [0.1, 0.15) is 16.7 Å². The number of benzene rings is 4. The van der Waals surface area contributed by atoms with Crippen molar-refractivity contribution < 1.29 is 19.1 Å². The summed E-state index contributed by atoms with van der Waals surface area (Å²) in [5, 5.41) is 8.40. The van der Waals surface area contributed by atoms with Crippen LogP contribution in [-0.4, -0.2) is 91.2 Å². The van der Waals surface area contributed by atoms with Crippen molar-refractivity contribution in [3.8, 4) is 5.75 Å². The van der Waals surface area contributed by atoms with Gasteiger partial charge < -0.3 is 24.8 Å². The van der Waals surface area contributed by atoms with E-state index >= 15 is 0 Å². The summed E-state index contributed by atoms with van der Waals surface area (Å²) in [6, 6.07) is 28.8. The van der Waals surface area contributed by atoms with E-state index in [0.717, 1.165) is 38.9 Å². The van der Waals surface area contributed by atoms with Crippen LogP contribution in [-0.2, 0) is 29.1 Å². The summed E-state index contributed by atoms with van der Waals surface area (Å²) in [7, 11) is 7.24. The number of carbonyl (C=O) groups excluding carboxylic acids is 3. The van der Waals surface area contributed by atoms with Gasteiger partial charge in [-0.05, 0) is 51.7 Å². The lowest BCUT2D eigenvalue weighted by molar-refractivity contribution is -0.157. The molecule has 4 aromatic carbocycles. The van der Waals surface area contributed by atoms with Gasteiger partial charge >= 0.3 is 6.03 Å². The third-order valence-corrected chi connectivity index (χ3v) is 8.97. The average Bonchev–Trinajstić information content (AvgIpc) is 3.40. The smallest absolute Gasteiger partial charge is 0.332 e. The van der Waals surface area contributed by atoms with Crippen molar-refractivity contribution in [2.24, 2.45) is 0 Å². The molecule has 46 heavy (non-hydrogen) atoms. The number of hydrazine groups is 1. The van der Waals surface area contributed by atoms with Gasteiger partial charge in [0.15, 0.2) is 0 Å². The summed E-state index contributed by atoms with van der Waals surface area (Å²) < 4.78 is 5.23. The molecule has 2 heterocycles. The van der Waals surface area contributed by atoms with Crippen molar-refractivity contribution in [3.63, 3.8) is 0 Å². The van der Waals surface area contributed by atoms with Gasteiger partial charge in [-0.1, -0.05) is 66.7 Å². The van der Waals surface area contributed by atoms with Crippen molar-refractivity contribution in [1.29, 1.82) is 0 Å². The van der Waals surface area contributed by atoms with Crippen LogP contribution < -0.4 is 15.0 Å². The fraction of sp³-hybridized carbons (Fsp3) is 0.306. The number of hydrogen-bond donors (Lipinski definition) is 1. The number of amides is 4. The van der Waals surface area contributed by atoms with E-state index in [0.29, 0.717) is 19.5 Å². The van der Waals surface area contributed by atoms with Gasteiger partial charge in [0.05, 0.1) is 20.2 Å². The van der Waals surface area contributed by atoms with E-state index in [2.05, 4.69) is 23.5 Å². The molecule has 0 radical (unpaired) electrons. The van der Waals surface area contributed by atoms with E-state index in [1.165, 1.54) is 5.01 Å². The second-order valence-corrected chi connectivity index (χ2v) is 12.0. The average molecular weight is 621 g/mol. The van der Waals surface area contributed by atoms with Gasteiger partial charge in [-0.15, -0.1) is 0 Å². The van der Waals surface area contributed by atoms with E-state index < -0.39 is 12.2 Å². The highest BCUT2D eigenvalue weighted by Crippen LogP contribution is 2.31. The molecule has 4 amide bonds. The zero-order valence-electron chi connectivity index (χ0n) is 26.7. The summed E-state index contributed by atoms with van der Waals surface area (Å²) >= 11 is 0. The summed E-state index contributed by atoms with van der Waals surface area (Å²) in [5.41, 5.74) is 3.98. The van der Waals surface area contributed by atoms with Crippen LogP contribution in [0.25, 0.3) is 10.8 Å². The van der Waals surface area contributed by atoms with Crippen LogP contribution >= 0.6 is 0 Å². The lowest BCUT2D eigenvalue weighted by Gasteiger charge is -2.46. The van der Waals surface area contributed by atoms with E-state index in [1.807, 2.05) is 96.7 Å². The molecule has 2 saturated heterocycles. The largest absolute Gasteiger partial charge is 0.497 e. The predicted molar refractivity (Wildman–Crippen MR) is 178 cm³/mol. The summed E-state index contributed by atoms with van der Waals surface area (Å²) in [5.74, 6) is 0.474. The van der Waals surface area contributed by atoms with Crippen LogP contribution in [0.2, 0.25) is 0 Å². The third kappa shape index (κ3) is 6.21. The molecule has 4 aromatic rings. The molecule has 0 aliphatic carbocycles. The highest BCUT2D eigenvalue weighted by molar-refractivity contribution is 5.92. The summed E-state index contributed by atoms with van der Waals surface area (Å²) in [6.07, 6.45) is -0.120. The Morgan fingerprint density at radius 2 is 1.59 bits per heavy atom. The molecule has 0 bridgehead atoms. The minimum atomic E-state index is -0.702. The van der Waals surface area contributed by atoms with Crippen LogP contribution in [0.5, 0.6) is 5.75 Å². The number of ether oxygens (including phenoxy) is 1. The predicted octanol–water partition coefficient (Wildman–Crippen LogP) is 4.09. The second kappa shape index (κ2) is 13.1. The minimum Gasteiger partial charge on any atom is -0.497 e. The van der Waals surface area contributed by atoms with Gasteiger partial charge in [-0.3, -0.25) is 14.6 Å². The Morgan fingerprint density at radius 1 is 0.891 bits per heavy atom. The van der Waals surface area contributed by atoms with Crippen molar-refractivity contribution in [2.75, 3.05) is 46.2 Å². The highest BCUT2D eigenvalue weighted by Gasteiger charge is 2.51. The van der Waals surface area contributed by atoms with Crippen molar-refractivity contribution in [1.82, 2.24) is 25.1 Å². The molecule has 6 rings (SSSR count). The zero-order chi connectivity index (χ0) is 32.4. The van der Waals surface area contributed by atoms with Crippen LogP contribution in [0.4, 0.5) is 10.5 Å².